The standard InChI is InChI=1S/C12H19Br2NOSi/c1-12(2,3)17(4,5)16-8-9-6-7-10(13)15-11(9)14/h6-7H,8H2,1-5H3. The Morgan fingerprint density at radius 2 is 1.82 bits per heavy atom. The minimum absolute atomic E-state index is 0.238. The van der Waals surface area contributed by atoms with Crippen LogP contribution in [0.15, 0.2) is 21.3 Å². The van der Waals surface area contributed by atoms with Crippen LogP contribution in [0.3, 0.4) is 0 Å². The molecular formula is C12H19Br2NOSi. The summed E-state index contributed by atoms with van der Waals surface area (Å²) in [7, 11) is -1.68. The topological polar surface area (TPSA) is 22.1 Å². The van der Waals surface area contributed by atoms with E-state index in [4.69, 9.17) is 4.43 Å². The van der Waals surface area contributed by atoms with Gasteiger partial charge in [0.25, 0.3) is 0 Å². The zero-order valence-corrected chi connectivity index (χ0v) is 15.1. The van der Waals surface area contributed by atoms with Gasteiger partial charge < -0.3 is 4.43 Å². The van der Waals surface area contributed by atoms with Crippen LogP contribution in [0.5, 0.6) is 0 Å². The highest BCUT2D eigenvalue weighted by Gasteiger charge is 2.37. The summed E-state index contributed by atoms with van der Waals surface area (Å²) in [5.41, 5.74) is 1.10. The Kier molecular flexibility index (Phi) is 4.97. The molecule has 17 heavy (non-hydrogen) atoms. The molecule has 1 heterocycles. The lowest BCUT2D eigenvalue weighted by molar-refractivity contribution is 0.275. The second-order valence-electron chi connectivity index (χ2n) is 5.63. The molecule has 0 spiro atoms. The molecule has 0 N–H and O–H groups in total. The summed E-state index contributed by atoms with van der Waals surface area (Å²) < 4.78 is 7.84. The zero-order valence-electron chi connectivity index (χ0n) is 11.0. The molecule has 1 aromatic heterocycles. The lowest BCUT2D eigenvalue weighted by atomic mass is 10.2. The molecule has 0 radical (unpaired) electrons. The van der Waals surface area contributed by atoms with Crippen molar-refractivity contribution in [3.8, 4) is 0 Å². The van der Waals surface area contributed by atoms with E-state index in [2.05, 4.69) is 70.7 Å². The molecule has 96 valence electrons. The van der Waals surface area contributed by atoms with Crippen LogP contribution in [0.4, 0.5) is 0 Å². The molecule has 0 saturated carbocycles. The molecule has 1 rings (SSSR count). The van der Waals surface area contributed by atoms with E-state index in [-0.39, 0.29) is 5.04 Å². The van der Waals surface area contributed by atoms with E-state index in [0.717, 1.165) is 14.8 Å². The van der Waals surface area contributed by atoms with Crippen LogP contribution in [0.2, 0.25) is 18.1 Å². The third-order valence-electron chi connectivity index (χ3n) is 3.29. The zero-order chi connectivity index (χ0) is 13.3. The maximum absolute atomic E-state index is 6.15. The number of hydrogen-bond acceptors (Lipinski definition) is 2. The van der Waals surface area contributed by atoms with Crippen molar-refractivity contribution in [1.29, 1.82) is 0 Å². The minimum Gasteiger partial charge on any atom is -0.412 e. The van der Waals surface area contributed by atoms with Gasteiger partial charge in [-0.1, -0.05) is 26.8 Å². The molecule has 5 heteroatoms. The van der Waals surface area contributed by atoms with Crippen molar-refractivity contribution in [2.45, 2.75) is 45.5 Å². The molecule has 0 aliphatic rings. The molecular weight excluding hydrogens is 362 g/mol. The van der Waals surface area contributed by atoms with Crippen LogP contribution in [0.1, 0.15) is 26.3 Å². The van der Waals surface area contributed by atoms with Gasteiger partial charge >= 0.3 is 0 Å². The number of aromatic nitrogens is 1. The highest BCUT2D eigenvalue weighted by Crippen LogP contribution is 2.37. The Bertz CT molecular complexity index is 402. The first kappa shape index (κ1) is 15.3. The molecule has 0 fully saturated rings. The van der Waals surface area contributed by atoms with Crippen molar-refractivity contribution in [3.63, 3.8) is 0 Å². The first-order valence-corrected chi connectivity index (χ1v) is 10.1. The fourth-order valence-electron chi connectivity index (χ4n) is 1.02. The maximum atomic E-state index is 6.15. The number of rotatable bonds is 3. The molecule has 0 unspecified atom stereocenters. The third-order valence-corrected chi connectivity index (χ3v) is 8.89. The van der Waals surface area contributed by atoms with Crippen molar-refractivity contribution in [2.75, 3.05) is 0 Å². The van der Waals surface area contributed by atoms with Gasteiger partial charge in [-0.15, -0.1) is 0 Å². The molecule has 0 bridgehead atoms. The monoisotopic (exact) mass is 379 g/mol. The molecule has 0 atom stereocenters. The molecule has 0 aromatic carbocycles. The van der Waals surface area contributed by atoms with E-state index in [1.807, 2.05) is 12.1 Å². The summed E-state index contributed by atoms with van der Waals surface area (Å²) in [5.74, 6) is 0. The van der Waals surface area contributed by atoms with E-state index in [1.54, 1.807) is 0 Å². The van der Waals surface area contributed by atoms with Gasteiger partial charge in [-0.2, -0.15) is 0 Å². The second kappa shape index (κ2) is 5.51. The predicted molar refractivity (Wildman–Crippen MR) is 81.6 cm³/mol. The van der Waals surface area contributed by atoms with Crippen molar-refractivity contribution in [1.82, 2.24) is 4.98 Å². The largest absolute Gasteiger partial charge is 0.412 e. The lowest BCUT2D eigenvalue weighted by Crippen LogP contribution is -2.40. The van der Waals surface area contributed by atoms with E-state index in [0.29, 0.717) is 6.61 Å². The average molecular weight is 381 g/mol. The Morgan fingerprint density at radius 1 is 1.24 bits per heavy atom. The van der Waals surface area contributed by atoms with Gasteiger partial charge in [0.1, 0.15) is 9.21 Å². The van der Waals surface area contributed by atoms with E-state index >= 15 is 0 Å². The number of pyridine rings is 1. The van der Waals surface area contributed by atoms with Crippen molar-refractivity contribution in [2.24, 2.45) is 0 Å². The Balaban J connectivity index is 2.74. The van der Waals surface area contributed by atoms with Gasteiger partial charge in [-0.25, -0.2) is 4.98 Å². The fraction of sp³-hybridized carbons (Fsp3) is 0.583. The van der Waals surface area contributed by atoms with Crippen molar-refractivity contribution in [3.05, 3.63) is 26.9 Å². The third kappa shape index (κ3) is 4.15. The van der Waals surface area contributed by atoms with E-state index in [1.165, 1.54) is 0 Å². The normalized spacial score (nSPS) is 12.9. The van der Waals surface area contributed by atoms with Crippen LogP contribution in [-0.4, -0.2) is 13.3 Å². The Morgan fingerprint density at radius 3 is 2.29 bits per heavy atom. The van der Waals surface area contributed by atoms with Gasteiger partial charge in [0, 0.05) is 5.56 Å². The van der Waals surface area contributed by atoms with E-state index < -0.39 is 8.32 Å². The van der Waals surface area contributed by atoms with Crippen LogP contribution in [-0.2, 0) is 11.0 Å². The number of hydrogen-bond donors (Lipinski definition) is 0. The fourth-order valence-corrected chi connectivity index (χ4v) is 2.96. The lowest BCUT2D eigenvalue weighted by Gasteiger charge is -2.36. The Hall–Kier alpha value is 0.287. The smallest absolute Gasteiger partial charge is 0.192 e. The van der Waals surface area contributed by atoms with Crippen LogP contribution in [0.25, 0.3) is 0 Å². The number of nitrogens with zero attached hydrogens (tertiary/aromatic N) is 1. The molecule has 0 amide bonds. The van der Waals surface area contributed by atoms with Crippen LogP contribution in [0, 0.1) is 0 Å². The molecule has 0 aliphatic heterocycles. The van der Waals surface area contributed by atoms with Crippen LogP contribution >= 0.6 is 31.9 Å². The van der Waals surface area contributed by atoms with Gasteiger partial charge in [0.05, 0.1) is 6.61 Å². The van der Waals surface area contributed by atoms with Gasteiger partial charge in [-0.3, -0.25) is 0 Å². The second-order valence-corrected chi connectivity index (χ2v) is 12.0. The predicted octanol–water partition coefficient (Wildman–Crippen LogP) is 5.13. The first-order valence-electron chi connectivity index (χ1n) is 5.58. The summed E-state index contributed by atoms with van der Waals surface area (Å²) in [6, 6.07) is 3.98. The first-order chi connectivity index (χ1) is 7.63. The summed E-state index contributed by atoms with van der Waals surface area (Å²) in [5, 5.41) is 0.238. The molecule has 2 nitrogen and oxygen atoms in total. The Labute approximate surface area is 122 Å². The SMILES string of the molecule is CC(C)(C)[Si](C)(C)OCc1ccc(Br)nc1Br. The van der Waals surface area contributed by atoms with Crippen LogP contribution < -0.4 is 0 Å². The van der Waals surface area contributed by atoms with Crippen molar-refractivity contribution < 1.29 is 4.43 Å². The highest BCUT2D eigenvalue weighted by molar-refractivity contribution is 9.11. The van der Waals surface area contributed by atoms with E-state index in [9.17, 15) is 0 Å². The quantitative estimate of drug-likeness (QED) is 0.535. The summed E-state index contributed by atoms with van der Waals surface area (Å²) >= 11 is 6.80. The molecule has 1 aromatic rings. The highest BCUT2D eigenvalue weighted by atomic mass is 79.9. The molecule has 0 saturated heterocycles. The molecule has 0 aliphatic carbocycles. The maximum Gasteiger partial charge on any atom is 0.192 e. The number of halogens is 2. The van der Waals surface area contributed by atoms with Gasteiger partial charge in [-0.05, 0) is 56.1 Å². The summed E-state index contributed by atoms with van der Waals surface area (Å²) in [4.78, 5) is 4.31. The summed E-state index contributed by atoms with van der Waals surface area (Å²) in [6.07, 6.45) is 0. The summed E-state index contributed by atoms with van der Waals surface area (Å²) in [6.45, 7) is 11.9. The minimum atomic E-state index is -1.68. The average Bonchev–Trinajstić information content (AvgIpc) is 2.14. The van der Waals surface area contributed by atoms with Gasteiger partial charge in [0.15, 0.2) is 8.32 Å². The van der Waals surface area contributed by atoms with Crippen molar-refractivity contribution >= 4 is 40.2 Å². The van der Waals surface area contributed by atoms with Gasteiger partial charge in [0.2, 0.25) is 0 Å².